The van der Waals surface area contributed by atoms with Gasteiger partial charge < -0.3 is 14.2 Å². The molecule has 25 heavy (non-hydrogen) atoms. The van der Waals surface area contributed by atoms with E-state index in [0.717, 1.165) is 11.3 Å². The van der Waals surface area contributed by atoms with Crippen LogP contribution in [0.2, 0.25) is 0 Å². The number of carbonyl (C=O) groups is 1. The minimum atomic E-state index is -0.0973. The fourth-order valence-corrected chi connectivity index (χ4v) is 3.31. The van der Waals surface area contributed by atoms with E-state index in [1.807, 2.05) is 30.3 Å². The molecule has 1 amide bonds. The second kappa shape index (κ2) is 7.13. The van der Waals surface area contributed by atoms with Crippen LogP contribution in [0, 0.1) is 5.92 Å². The van der Waals surface area contributed by atoms with Crippen LogP contribution >= 0.6 is 0 Å². The Kier molecular flexibility index (Phi) is 4.93. The van der Waals surface area contributed by atoms with Crippen molar-refractivity contribution in [2.24, 2.45) is 5.92 Å². The van der Waals surface area contributed by atoms with E-state index in [1.54, 1.807) is 28.8 Å². The van der Waals surface area contributed by atoms with Crippen molar-refractivity contribution in [2.45, 2.75) is 32.7 Å². The largest absolute Gasteiger partial charge is 0.497 e. The number of carbonyl (C=O) groups excluding carboxylic acids is 1. The molecule has 3 rings (SSSR count). The third-order valence-corrected chi connectivity index (χ3v) is 4.56. The van der Waals surface area contributed by atoms with Gasteiger partial charge in [0.25, 0.3) is 5.56 Å². The zero-order valence-corrected chi connectivity index (χ0v) is 14.9. The summed E-state index contributed by atoms with van der Waals surface area (Å²) in [5.41, 5.74) is 1.47. The molecule has 1 aromatic carbocycles. The highest BCUT2D eigenvalue weighted by atomic mass is 16.5. The molecule has 0 radical (unpaired) electrons. The third kappa shape index (κ3) is 3.60. The molecular formula is C20H24N2O3. The first-order valence-corrected chi connectivity index (χ1v) is 8.63. The molecule has 1 atom stereocenters. The van der Waals surface area contributed by atoms with Gasteiger partial charge in [0, 0.05) is 31.6 Å². The van der Waals surface area contributed by atoms with Crippen LogP contribution in [0.1, 0.15) is 31.7 Å². The van der Waals surface area contributed by atoms with E-state index < -0.39 is 0 Å². The Morgan fingerprint density at radius 1 is 1.16 bits per heavy atom. The van der Waals surface area contributed by atoms with Crippen LogP contribution in [0.5, 0.6) is 5.75 Å². The highest BCUT2D eigenvalue weighted by molar-refractivity contribution is 5.96. The second-order valence-corrected chi connectivity index (χ2v) is 6.92. The lowest BCUT2D eigenvalue weighted by molar-refractivity contribution is -0.117. The van der Waals surface area contributed by atoms with Crippen LogP contribution in [0.25, 0.3) is 0 Å². The summed E-state index contributed by atoms with van der Waals surface area (Å²) in [6.07, 6.45) is 2.21. The second-order valence-electron chi connectivity index (χ2n) is 6.92. The van der Waals surface area contributed by atoms with Gasteiger partial charge in [0.2, 0.25) is 5.91 Å². The van der Waals surface area contributed by atoms with Gasteiger partial charge >= 0.3 is 0 Å². The van der Waals surface area contributed by atoms with Gasteiger partial charge in [-0.1, -0.05) is 26.0 Å². The number of pyridine rings is 1. The maximum absolute atomic E-state index is 12.7. The van der Waals surface area contributed by atoms with E-state index >= 15 is 0 Å². The molecule has 1 fully saturated rings. The molecule has 1 aliphatic rings. The zero-order valence-electron chi connectivity index (χ0n) is 14.9. The number of anilines is 1. The van der Waals surface area contributed by atoms with E-state index in [2.05, 4.69) is 13.8 Å². The topological polar surface area (TPSA) is 51.5 Å². The lowest BCUT2D eigenvalue weighted by Gasteiger charge is -2.18. The highest BCUT2D eigenvalue weighted by Crippen LogP contribution is 2.31. The Balaban J connectivity index is 1.84. The van der Waals surface area contributed by atoms with Crippen molar-refractivity contribution in [2.75, 3.05) is 18.6 Å². The molecule has 0 saturated carbocycles. The molecule has 5 nitrogen and oxygen atoms in total. The fourth-order valence-electron chi connectivity index (χ4n) is 3.31. The van der Waals surface area contributed by atoms with Gasteiger partial charge in [-0.15, -0.1) is 0 Å². The number of aromatic nitrogens is 1. The van der Waals surface area contributed by atoms with Gasteiger partial charge in [0.1, 0.15) is 11.4 Å². The van der Waals surface area contributed by atoms with Gasteiger partial charge in [0.15, 0.2) is 0 Å². The molecule has 2 aromatic rings. The number of amides is 1. The first-order chi connectivity index (χ1) is 12.0. The lowest BCUT2D eigenvalue weighted by atomic mass is 9.98. The summed E-state index contributed by atoms with van der Waals surface area (Å²) in [5, 5.41) is 0. The minimum Gasteiger partial charge on any atom is -0.497 e. The Hall–Kier alpha value is -2.56. The molecule has 1 saturated heterocycles. The van der Waals surface area contributed by atoms with E-state index in [9.17, 15) is 9.59 Å². The summed E-state index contributed by atoms with van der Waals surface area (Å²) in [5.74, 6) is 1.26. The average molecular weight is 340 g/mol. The number of rotatable bonds is 5. The molecule has 0 bridgehead atoms. The smallest absolute Gasteiger partial charge is 0.274 e. The zero-order chi connectivity index (χ0) is 18.0. The van der Waals surface area contributed by atoms with Crippen LogP contribution < -0.4 is 15.2 Å². The average Bonchev–Trinajstić information content (AvgIpc) is 2.98. The van der Waals surface area contributed by atoms with Crippen molar-refractivity contribution in [1.29, 1.82) is 0 Å². The maximum atomic E-state index is 12.7. The standard InChI is InChI=1S/C20H24N2O3/c1-14(2)12-21-10-4-5-18(20(21)24)22-13-16(11-19(22)23)15-6-8-17(25-3)9-7-15/h4-10,14,16H,11-13H2,1-3H3/t16-/m0/s1. The van der Waals surface area contributed by atoms with Gasteiger partial charge in [-0.2, -0.15) is 0 Å². The normalized spacial score (nSPS) is 17.4. The van der Waals surface area contributed by atoms with Crippen LogP contribution in [-0.4, -0.2) is 24.1 Å². The van der Waals surface area contributed by atoms with Crippen molar-refractivity contribution < 1.29 is 9.53 Å². The Morgan fingerprint density at radius 2 is 1.88 bits per heavy atom. The van der Waals surface area contributed by atoms with E-state index in [0.29, 0.717) is 31.1 Å². The monoisotopic (exact) mass is 340 g/mol. The Bertz CT molecular complexity index is 808. The van der Waals surface area contributed by atoms with Crippen LogP contribution in [0.15, 0.2) is 47.4 Å². The van der Waals surface area contributed by atoms with Crippen molar-refractivity contribution in [3.63, 3.8) is 0 Å². The summed E-state index contributed by atoms with van der Waals surface area (Å²) >= 11 is 0. The molecule has 0 aliphatic carbocycles. The van der Waals surface area contributed by atoms with Crippen molar-refractivity contribution in [1.82, 2.24) is 4.57 Å². The number of nitrogens with zero attached hydrogens (tertiary/aromatic N) is 2. The molecule has 0 N–H and O–H groups in total. The number of benzene rings is 1. The number of hydrogen-bond acceptors (Lipinski definition) is 3. The number of hydrogen-bond donors (Lipinski definition) is 0. The first kappa shape index (κ1) is 17.3. The Morgan fingerprint density at radius 3 is 2.52 bits per heavy atom. The van der Waals surface area contributed by atoms with E-state index in [-0.39, 0.29) is 17.4 Å². The van der Waals surface area contributed by atoms with Crippen LogP contribution in [-0.2, 0) is 11.3 Å². The van der Waals surface area contributed by atoms with E-state index in [1.165, 1.54) is 0 Å². The number of ether oxygens (including phenoxy) is 1. The predicted molar refractivity (Wildman–Crippen MR) is 98.2 cm³/mol. The van der Waals surface area contributed by atoms with Crippen LogP contribution in [0.4, 0.5) is 5.69 Å². The predicted octanol–water partition coefficient (Wildman–Crippen LogP) is 3.03. The summed E-state index contributed by atoms with van der Waals surface area (Å²) in [6, 6.07) is 11.4. The van der Waals surface area contributed by atoms with E-state index in [4.69, 9.17) is 4.74 Å². The molecule has 2 heterocycles. The maximum Gasteiger partial charge on any atom is 0.274 e. The summed E-state index contributed by atoms with van der Waals surface area (Å²) in [4.78, 5) is 26.9. The third-order valence-electron chi connectivity index (χ3n) is 4.56. The van der Waals surface area contributed by atoms with Gasteiger partial charge in [-0.25, -0.2) is 0 Å². The Labute approximate surface area is 147 Å². The highest BCUT2D eigenvalue weighted by Gasteiger charge is 2.33. The quantitative estimate of drug-likeness (QED) is 0.841. The molecule has 1 aliphatic heterocycles. The van der Waals surface area contributed by atoms with Crippen molar-refractivity contribution in [3.05, 3.63) is 58.5 Å². The lowest BCUT2D eigenvalue weighted by Crippen LogP contribution is -2.33. The molecule has 5 heteroatoms. The van der Waals surface area contributed by atoms with Crippen molar-refractivity contribution >= 4 is 11.6 Å². The summed E-state index contributed by atoms with van der Waals surface area (Å²) in [6.45, 7) is 5.32. The SMILES string of the molecule is COc1ccc([C@H]2CC(=O)N(c3cccn(CC(C)C)c3=O)C2)cc1. The summed E-state index contributed by atoms with van der Waals surface area (Å²) in [7, 11) is 1.63. The van der Waals surface area contributed by atoms with Gasteiger partial charge in [-0.05, 0) is 35.7 Å². The molecule has 132 valence electrons. The summed E-state index contributed by atoms with van der Waals surface area (Å²) < 4.78 is 6.87. The molecule has 0 unspecified atom stereocenters. The number of methoxy groups -OCH3 is 1. The molecular weight excluding hydrogens is 316 g/mol. The minimum absolute atomic E-state index is 0.000199. The van der Waals surface area contributed by atoms with Crippen molar-refractivity contribution in [3.8, 4) is 5.75 Å². The van der Waals surface area contributed by atoms with Crippen LogP contribution in [0.3, 0.4) is 0 Å². The van der Waals surface area contributed by atoms with Gasteiger partial charge in [0.05, 0.1) is 7.11 Å². The molecule has 1 aromatic heterocycles. The first-order valence-electron chi connectivity index (χ1n) is 8.63. The molecule has 0 spiro atoms. The fraction of sp³-hybridized carbons (Fsp3) is 0.400. The van der Waals surface area contributed by atoms with Gasteiger partial charge in [-0.3, -0.25) is 9.59 Å².